The molecular weight excluding hydrogens is 334 g/mol. The Bertz CT molecular complexity index is 765. The van der Waals surface area contributed by atoms with Crippen molar-refractivity contribution in [3.63, 3.8) is 0 Å². The highest BCUT2D eigenvalue weighted by molar-refractivity contribution is 5.83. The average molecular weight is 357 g/mol. The minimum absolute atomic E-state index is 0.154. The van der Waals surface area contributed by atoms with Gasteiger partial charge < -0.3 is 19.5 Å². The third kappa shape index (κ3) is 5.24. The summed E-state index contributed by atoms with van der Waals surface area (Å²) in [6.07, 6.45) is 0.154. The first kappa shape index (κ1) is 19.3. The lowest BCUT2D eigenvalue weighted by Crippen LogP contribution is -2.36. The number of aryl methyl sites for hydroxylation is 1. The van der Waals surface area contributed by atoms with Gasteiger partial charge in [0.1, 0.15) is 18.0 Å². The third-order valence-corrected chi connectivity index (χ3v) is 4.07. The lowest BCUT2D eigenvalue weighted by Gasteiger charge is -2.22. The molecule has 0 aliphatic heterocycles. The van der Waals surface area contributed by atoms with Crippen LogP contribution in [0, 0.1) is 6.92 Å². The van der Waals surface area contributed by atoms with Crippen LogP contribution >= 0.6 is 0 Å². The van der Waals surface area contributed by atoms with Crippen molar-refractivity contribution in [1.29, 1.82) is 0 Å². The van der Waals surface area contributed by atoms with E-state index in [1.165, 1.54) is 19.1 Å². The SMILES string of the molecule is COc1cc(CN(CC(=O)O)C(=O)Cc2ccccc2C)cc(OC)c1. The zero-order valence-electron chi connectivity index (χ0n) is 15.2. The van der Waals surface area contributed by atoms with Gasteiger partial charge in [-0.1, -0.05) is 24.3 Å². The summed E-state index contributed by atoms with van der Waals surface area (Å²) < 4.78 is 10.5. The van der Waals surface area contributed by atoms with Gasteiger partial charge in [0.2, 0.25) is 5.91 Å². The Balaban J connectivity index is 2.23. The Kier molecular flexibility index (Phi) is 6.60. The normalized spacial score (nSPS) is 10.3. The maximum Gasteiger partial charge on any atom is 0.323 e. The van der Waals surface area contributed by atoms with Gasteiger partial charge in [-0.3, -0.25) is 9.59 Å². The highest BCUT2D eigenvalue weighted by Crippen LogP contribution is 2.23. The molecule has 2 aromatic rings. The van der Waals surface area contributed by atoms with Crippen molar-refractivity contribution in [3.8, 4) is 11.5 Å². The summed E-state index contributed by atoms with van der Waals surface area (Å²) in [4.78, 5) is 25.3. The predicted molar refractivity (Wildman–Crippen MR) is 97.5 cm³/mol. The van der Waals surface area contributed by atoms with Crippen molar-refractivity contribution >= 4 is 11.9 Å². The Labute approximate surface area is 153 Å². The molecular formula is C20H23NO5. The van der Waals surface area contributed by atoms with Gasteiger partial charge in [-0.25, -0.2) is 0 Å². The molecule has 0 atom stereocenters. The first-order valence-electron chi connectivity index (χ1n) is 8.19. The smallest absolute Gasteiger partial charge is 0.323 e. The monoisotopic (exact) mass is 357 g/mol. The molecule has 0 radical (unpaired) electrons. The van der Waals surface area contributed by atoms with Gasteiger partial charge >= 0.3 is 5.97 Å². The molecule has 0 bridgehead atoms. The molecule has 6 nitrogen and oxygen atoms in total. The summed E-state index contributed by atoms with van der Waals surface area (Å²) in [7, 11) is 3.08. The van der Waals surface area contributed by atoms with E-state index in [-0.39, 0.29) is 25.4 Å². The maximum absolute atomic E-state index is 12.7. The fraction of sp³-hybridized carbons (Fsp3) is 0.300. The van der Waals surface area contributed by atoms with Crippen LogP contribution in [0.15, 0.2) is 42.5 Å². The number of rotatable bonds is 8. The number of benzene rings is 2. The molecule has 0 aromatic heterocycles. The average Bonchev–Trinajstić information content (AvgIpc) is 2.62. The first-order valence-corrected chi connectivity index (χ1v) is 8.19. The summed E-state index contributed by atoms with van der Waals surface area (Å²) in [5.74, 6) is -0.136. The fourth-order valence-corrected chi connectivity index (χ4v) is 2.66. The number of carbonyl (C=O) groups excluding carboxylic acids is 1. The number of ether oxygens (including phenoxy) is 2. The standard InChI is InChI=1S/C20H23NO5/c1-14-6-4-5-7-16(14)10-19(22)21(13-20(23)24)12-15-8-17(25-2)11-18(9-15)26-3/h4-9,11H,10,12-13H2,1-3H3,(H,23,24). The van der Waals surface area contributed by atoms with E-state index in [9.17, 15) is 14.7 Å². The van der Waals surface area contributed by atoms with Gasteiger partial charge in [-0.2, -0.15) is 0 Å². The Hall–Kier alpha value is -3.02. The second kappa shape index (κ2) is 8.89. The topological polar surface area (TPSA) is 76.1 Å². The van der Waals surface area contributed by atoms with Crippen LogP contribution in [0.25, 0.3) is 0 Å². The largest absolute Gasteiger partial charge is 0.497 e. The number of hydrogen-bond acceptors (Lipinski definition) is 4. The van der Waals surface area contributed by atoms with Crippen molar-refractivity contribution < 1.29 is 24.2 Å². The van der Waals surface area contributed by atoms with E-state index >= 15 is 0 Å². The molecule has 26 heavy (non-hydrogen) atoms. The van der Waals surface area contributed by atoms with Gasteiger partial charge in [-0.15, -0.1) is 0 Å². The lowest BCUT2D eigenvalue weighted by molar-refractivity contribution is -0.144. The molecule has 2 aromatic carbocycles. The van der Waals surface area contributed by atoms with Gasteiger partial charge in [0, 0.05) is 12.6 Å². The lowest BCUT2D eigenvalue weighted by atomic mass is 10.0. The Morgan fingerprint density at radius 3 is 2.19 bits per heavy atom. The van der Waals surface area contributed by atoms with Crippen molar-refractivity contribution in [2.24, 2.45) is 0 Å². The summed E-state index contributed by atoms with van der Waals surface area (Å²) in [6.45, 7) is 1.71. The minimum Gasteiger partial charge on any atom is -0.497 e. The zero-order chi connectivity index (χ0) is 19.1. The van der Waals surface area contributed by atoms with E-state index in [2.05, 4.69) is 0 Å². The fourth-order valence-electron chi connectivity index (χ4n) is 2.66. The van der Waals surface area contributed by atoms with Crippen molar-refractivity contribution in [3.05, 3.63) is 59.2 Å². The number of carboxylic acid groups (broad SMARTS) is 1. The molecule has 6 heteroatoms. The van der Waals surface area contributed by atoms with Crippen LogP contribution in [0.1, 0.15) is 16.7 Å². The third-order valence-electron chi connectivity index (χ3n) is 4.07. The second-order valence-corrected chi connectivity index (χ2v) is 5.97. The second-order valence-electron chi connectivity index (χ2n) is 5.97. The number of carboxylic acids is 1. The van der Waals surface area contributed by atoms with Crippen molar-refractivity contribution in [1.82, 2.24) is 4.90 Å². The van der Waals surface area contributed by atoms with Crippen LogP contribution in [-0.4, -0.2) is 42.6 Å². The summed E-state index contributed by atoms with van der Waals surface area (Å²) in [6, 6.07) is 12.8. The highest BCUT2D eigenvalue weighted by Gasteiger charge is 2.19. The molecule has 1 N–H and O–H groups in total. The van der Waals surface area contributed by atoms with E-state index in [0.717, 1.165) is 16.7 Å². The molecule has 138 valence electrons. The van der Waals surface area contributed by atoms with Crippen molar-refractivity contribution in [2.45, 2.75) is 19.9 Å². The van der Waals surface area contributed by atoms with Crippen LogP contribution in [0.3, 0.4) is 0 Å². The number of methoxy groups -OCH3 is 2. The number of aliphatic carboxylic acids is 1. The number of nitrogens with zero attached hydrogens (tertiary/aromatic N) is 1. The molecule has 0 unspecified atom stereocenters. The van der Waals surface area contributed by atoms with Crippen LogP contribution < -0.4 is 9.47 Å². The molecule has 0 heterocycles. The van der Waals surface area contributed by atoms with E-state index in [0.29, 0.717) is 11.5 Å². The van der Waals surface area contributed by atoms with Crippen molar-refractivity contribution in [2.75, 3.05) is 20.8 Å². The van der Waals surface area contributed by atoms with E-state index < -0.39 is 5.97 Å². The molecule has 0 saturated heterocycles. The quantitative estimate of drug-likeness (QED) is 0.786. The molecule has 0 aliphatic rings. The summed E-state index contributed by atoms with van der Waals surface area (Å²) >= 11 is 0. The molecule has 0 aliphatic carbocycles. The van der Waals surface area contributed by atoms with Gasteiger partial charge in [0.15, 0.2) is 0 Å². The predicted octanol–water partition coefficient (Wildman–Crippen LogP) is 2.67. The van der Waals surface area contributed by atoms with Crippen LogP contribution in [-0.2, 0) is 22.6 Å². The van der Waals surface area contributed by atoms with Crippen LogP contribution in [0.5, 0.6) is 11.5 Å². The number of hydrogen-bond donors (Lipinski definition) is 1. The Morgan fingerprint density at radius 1 is 1.04 bits per heavy atom. The van der Waals surface area contributed by atoms with Crippen LogP contribution in [0.4, 0.5) is 0 Å². The minimum atomic E-state index is -1.06. The zero-order valence-corrected chi connectivity index (χ0v) is 15.2. The number of carbonyl (C=O) groups is 2. The first-order chi connectivity index (χ1) is 12.4. The van der Waals surface area contributed by atoms with E-state index in [1.807, 2.05) is 31.2 Å². The highest BCUT2D eigenvalue weighted by atomic mass is 16.5. The molecule has 0 spiro atoms. The molecule has 0 fully saturated rings. The Morgan fingerprint density at radius 2 is 1.65 bits per heavy atom. The maximum atomic E-state index is 12.7. The number of amides is 1. The van der Waals surface area contributed by atoms with Gasteiger partial charge in [-0.05, 0) is 35.7 Å². The van der Waals surface area contributed by atoms with Gasteiger partial charge in [0.25, 0.3) is 0 Å². The molecule has 2 rings (SSSR count). The molecule has 0 saturated carbocycles. The molecule has 1 amide bonds. The van der Waals surface area contributed by atoms with E-state index in [1.54, 1.807) is 18.2 Å². The van der Waals surface area contributed by atoms with E-state index in [4.69, 9.17) is 9.47 Å². The summed E-state index contributed by atoms with van der Waals surface area (Å²) in [5.41, 5.74) is 2.62. The summed E-state index contributed by atoms with van der Waals surface area (Å²) in [5, 5.41) is 9.19. The van der Waals surface area contributed by atoms with Crippen LogP contribution in [0.2, 0.25) is 0 Å². The van der Waals surface area contributed by atoms with Gasteiger partial charge in [0.05, 0.1) is 20.6 Å².